The molecule has 2 heterocycles. The van der Waals surface area contributed by atoms with Gasteiger partial charge in [-0.2, -0.15) is 0 Å². The van der Waals surface area contributed by atoms with Crippen LogP contribution in [0.1, 0.15) is 38.7 Å². The number of carbonyl (C=O) groups excluding carboxylic acids is 1. The van der Waals surface area contributed by atoms with Crippen molar-refractivity contribution < 1.29 is 28.2 Å². The summed E-state index contributed by atoms with van der Waals surface area (Å²) < 4.78 is 40.1. The van der Waals surface area contributed by atoms with Gasteiger partial charge in [0.2, 0.25) is 5.91 Å². The molecule has 0 radical (unpaired) electrons. The topological polar surface area (TPSA) is 71.0 Å². The van der Waals surface area contributed by atoms with Crippen molar-refractivity contribution in [3.63, 3.8) is 0 Å². The molecular weight excluding hydrogens is 418 g/mol. The number of benzene rings is 2. The predicted molar refractivity (Wildman–Crippen MR) is 117 cm³/mol. The summed E-state index contributed by atoms with van der Waals surface area (Å²) in [6.45, 7) is 4.75. The molecule has 0 bridgehead atoms. The van der Waals surface area contributed by atoms with Gasteiger partial charge in [-0.3, -0.25) is 4.79 Å². The molecule has 0 spiro atoms. The average molecular weight is 446 g/mol. The van der Waals surface area contributed by atoms with E-state index in [2.05, 4.69) is 5.32 Å². The molecule has 0 unspecified atom stereocenters. The number of ether oxygens (including phenoxy) is 2. The summed E-state index contributed by atoms with van der Waals surface area (Å²) in [5.41, 5.74) is 0.164. The standard InChI is InChI=1S/C24H28F2N2O4/c1-15(2)32-16-3-6-20(19(26)13-16)28-11-9-24(30,10-12-28)14-31-21-7-5-18(25)23-17(21)4-8-22(29)27-23/h3,5-7,13,15,30H,4,8-12,14H2,1-2H3,(H,27,29). The Hall–Kier alpha value is -2.87. The lowest BCUT2D eigenvalue weighted by atomic mass is 9.92. The molecule has 32 heavy (non-hydrogen) atoms. The third-order valence-corrected chi connectivity index (χ3v) is 5.91. The third-order valence-electron chi connectivity index (χ3n) is 5.91. The maximum absolute atomic E-state index is 14.6. The lowest BCUT2D eigenvalue weighted by Crippen LogP contribution is -2.48. The zero-order valence-electron chi connectivity index (χ0n) is 18.3. The smallest absolute Gasteiger partial charge is 0.224 e. The second-order valence-electron chi connectivity index (χ2n) is 8.73. The Balaban J connectivity index is 1.38. The second-order valence-corrected chi connectivity index (χ2v) is 8.73. The Bertz CT molecular complexity index is 1000. The highest BCUT2D eigenvalue weighted by molar-refractivity contribution is 5.94. The van der Waals surface area contributed by atoms with E-state index in [-0.39, 0.29) is 36.5 Å². The number of hydrogen-bond acceptors (Lipinski definition) is 5. The number of halogens is 2. The van der Waals surface area contributed by atoms with Gasteiger partial charge < -0.3 is 24.8 Å². The third kappa shape index (κ3) is 4.80. The van der Waals surface area contributed by atoms with Crippen molar-refractivity contribution >= 4 is 17.3 Å². The highest BCUT2D eigenvalue weighted by Crippen LogP contribution is 2.35. The van der Waals surface area contributed by atoms with Crippen molar-refractivity contribution in [1.82, 2.24) is 0 Å². The molecule has 2 N–H and O–H groups in total. The van der Waals surface area contributed by atoms with Crippen LogP contribution in [0.4, 0.5) is 20.2 Å². The van der Waals surface area contributed by atoms with Crippen molar-refractivity contribution in [1.29, 1.82) is 0 Å². The highest BCUT2D eigenvalue weighted by atomic mass is 19.1. The Morgan fingerprint density at radius 1 is 1.12 bits per heavy atom. The lowest BCUT2D eigenvalue weighted by molar-refractivity contribution is -0.116. The number of anilines is 2. The number of rotatable bonds is 6. The summed E-state index contributed by atoms with van der Waals surface area (Å²) in [6, 6.07) is 7.61. The predicted octanol–water partition coefficient (Wildman–Crippen LogP) is 4.05. The lowest BCUT2D eigenvalue weighted by Gasteiger charge is -2.39. The molecule has 1 saturated heterocycles. The zero-order valence-corrected chi connectivity index (χ0v) is 18.3. The molecule has 0 saturated carbocycles. The van der Waals surface area contributed by atoms with Gasteiger partial charge >= 0.3 is 0 Å². The maximum atomic E-state index is 14.6. The number of piperidine rings is 1. The number of hydrogen-bond donors (Lipinski definition) is 2. The molecule has 8 heteroatoms. The van der Waals surface area contributed by atoms with Crippen LogP contribution in [0.5, 0.6) is 11.5 Å². The van der Waals surface area contributed by atoms with Gasteiger partial charge in [0, 0.05) is 31.1 Å². The maximum Gasteiger partial charge on any atom is 0.224 e. The Labute approximate surface area is 186 Å². The van der Waals surface area contributed by atoms with E-state index in [0.717, 1.165) is 0 Å². The molecule has 2 aromatic carbocycles. The van der Waals surface area contributed by atoms with Crippen molar-refractivity contribution in [2.24, 2.45) is 0 Å². The number of fused-ring (bicyclic) bond motifs is 1. The summed E-state index contributed by atoms with van der Waals surface area (Å²) in [5.74, 6) is -0.134. The minimum atomic E-state index is -1.08. The van der Waals surface area contributed by atoms with Gasteiger partial charge in [0.1, 0.15) is 35.3 Å². The fraction of sp³-hybridized carbons (Fsp3) is 0.458. The largest absolute Gasteiger partial charge is 0.491 e. The number of aliphatic hydroxyl groups is 1. The van der Waals surface area contributed by atoms with Crippen LogP contribution in [0, 0.1) is 11.6 Å². The molecule has 1 fully saturated rings. The molecule has 4 rings (SSSR count). The van der Waals surface area contributed by atoms with Crippen LogP contribution in [-0.4, -0.2) is 42.4 Å². The summed E-state index contributed by atoms with van der Waals surface area (Å²) in [6.07, 6.45) is 1.41. The average Bonchev–Trinajstić information content (AvgIpc) is 2.74. The van der Waals surface area contributed by atoms with Gasteiger partial charge in [-0.15, -0.1) is 0 Å². The van der Waals surface area contributed by atoms with Crippen LogP contribution in [0.3, 0.4) is 0 Å². The second kappa shape index (κ2) is 8.94. The Morgan fingerprint density at radius 3 is 2.56 bits per heavy atom. The van der Waals surface area contributed by atoms with Gasteiger partial charge in [0.05, 0.1) is 17.5 Å². The van der Waals surface area contributed by atoms with E-state index in [1.54, 1.807) is 12.1 Å². The number of amides is 1. The summed E-state index contributed by atoms with van der Waals surface area (Å²) in [7, 11) is 0. The molecule has 0 aromatic heterocycles. The quantitative estimate of drug-likeness (QED) is 0.701. The number of nitrogens with zero attached hydrogens (tertiary/aromatic N) is 1. The molecule has 2 aliphatic heterocycles. The van der Waals surface area contributed by atoms with E-state index in [4.69, 9.17) is 9.47 Å². The van der Waals surface area contributed by atoms with E-state index < -0.39 is 11.4 Å². The van der Waals surface area contributed by atoms with Crippen LogP contribution in [0.2, 0.25) is 0 Å². The normalized spacial score (nSPS) is 17.7. The summed E-state index contributed by atoms with van der Waals surface area (Å²) >= 11 is 0. The summed E-state index contributed by atoms with van der Waals surface area (Å²) in [5, 5.41) is 13.6. The molecule has 2 aliphatic rings. The SMILES string of the molecule is CC(C)Oc1ccc(N2CCC(O)(COc3ccc(F)c4c3CCC(=O)N4)CC2)c(F)c1. The molecule has 2 aromatic rings. The molecule has 0 aliphatic carbocycles. The van der Waals surface area contributed by atoms with Crippen molar-refractivity contribution in [3.05, 3.63) is 47.5 Å². The van der Waals surface area contributed by atoms with Crippen LogP contribution in [0.15, 0.2) is 30.3 Å². The monoisotopic (exact) mass is 446 g/mol. The molecule has 6 nitrogen and oxygen atoms in total. The van der Waals surface area contributed by atoms with Gasteiger partial charge in [-0.1, -0.05) is 0 Å². The van der Waals surface area contributed by atoms with Crippen LogP contribution in [-0.2, 0) is 11.2 Å². The van der Waals surface area contributed by atoms with Crippen molar-refractivity contribution in [2.75, 3.05) is 29.9 Å². The first-order chi connectivity index (χ1) is 15.2. The number of nitrogens with one attached hydrogen (secondary N) is 1. The first-order valence-corrected chi connectivity index (χ1v) is 10.9. The Morgan fingerprint density at radius 2 is 1.88 bits per heavy atom. The van der Waals surface area contributed by atoms with Gasteiger partial charge in [-0.25, -0.2) is 8.78 Å². The van der Waals surface area contributed by atoms with E-state index in [1.807, 2.05) is 18.7 Å². The van der Waals surface area contributed by atoms with E-state index in [0.29, 0.717) is 55.1 Å². The fourth-order valence-electron chi connectivity index (χ4n) is 4.17. The fourth-order valence-corrected chi connectivity index (χ4v) is 4.17. The first kappa shape index (κ1) is 22.3. The molecular formula is C24H28F2N2O4. The molecule has 1 amide bonds. The first-order valence-electron chi connectivity index (χ1n) is 10.9. The van der Waals surface area contributed by atoms with Crippen LogP contribution < -0.4 is 19.7 Å². The molecule has 172 valence electrons. The number of carbonyl (C=O) groups is 1. The minimum Gasteiger partial charge on any atom is -0.491 e. The van der Waals surface area contributed by atoms with Gasteiger partial charge in [-0.05, 0) is 57.4 Å². The van der Waals surface area contributed by atoms with Gasteiger partial charge in [0.25, 0.3) is 0 Å². The van der Waals surface area contributed by atoms with E-state index >= 15 is 0 Å². The molecule has 0 atom stereocenters. The van der Waals surface area contributed by atoms with E-state index in [9.17, 15) is 18.7 Å². The highest BCUT2D eigenvalue weighted by Gasteiger charge is 2.34. The van der Waals surface area contributed by atoms with Crippen LogP contribution in [0.25, 0.3) is 0 Å². The minimum absolute atomic E-state index is 0.0340. The van der Waals surface area contributed by atoms with Crippen LogP contribution >= 0.6 is 0 Å². The van der Waals surface area contributed by atoms with Gasteiger partial charge in [0.15, 0.2) is 0 Å². The zero-order chi connectivity index (χ0) is 22.9. The Kier molecular flexibility index (Phi) is 6.24. The van der Waals surface area contributed by atoms with E-state index in [1.165, 1.54) is 18.2 Å². The van der Waals surface area contributed by atoms with Crippen molar-refractivity contribution in [2.45, 2.75) is 51.2 Å². The summed E-state index contributed by atoms with van der Waals surface area (Å²) in [4.78, 5) is 13.5. The van der Waals surface area contributed by atoms with Crippen molar-refractivity contribution in [3.8, 4) is 11.5 Å².